The van der Waals surface area contributed by atoms with Gasteiger partial charge < -0.3 is 10.6 Å². The number of hydrogen-bond acceptors (Lipinski definition) is 2. The van der Waals surface area contributed by atoms with Crippen LogP contribution in [-0.2, 0) is 6.54 Å². The van der Waals surface area contributed by atoms with Gasteiger partial charge in [0.15, 0.2) is 0 Å². The molecule has 2 aromatic rings. The van der Waals surface area contributed by atoms with E-state index in [1.54, 1.807) is 18.0 Å². The number of nitrogen functional groups attached to an aromatic ring is 1. The third-order valence-electron chi connectivity index (χ3n) is 3.20. The standard InChI is InChI=1S/C16H17BrN2O/c1-11-4-3-5-14(18)15(11)16(20)19(2)10-12-6-8-13(17)9-7-12/h3-9H,10,18H2,1-2H3. The van der Waals surface area contributed by atoms with Crippen LogP contribution in [0.3, 0.4) is 0 Å². The molecule has 0 spiro atoms. The van der Waals surface area contributed by atoms with Gasteiger partial charge in [-0.05, 0) is 36.2 Å². The zero-order valence-corrected chi connectivity index (χ0v) is 13.1. The fourth-order valence-corrected chi connectivity index (χ4v) is 2.37. The lowest BCUT2D eigenvalue weighted by Crippen LogP contribution is -2.27. The predicted molar refractivity (Wildman–Crippen MR) is 85.5 cm³/mol. The highest BCUT2D eigenvalue weighted by molar-refractivity contribution is 9.10. The van der Waals surface area contributed by atoms with Crippen molar-refractivity contribution >= 4 is 27.5 Å². The topological polar surface area (TPSA) is 46.3 Å². The number of nitrogens with two attached hydrogens (primary N) is 1. The third kappa shape index (κ3) is 3.20. The molecular formula is C16H17BrN2O. The Morgan fingerprint density at radius 1 is 1.20 bits per heavy atom. The van der Waals surface area contributed by atoms with Crippen molar-refractivity contribution in [1.29, 1.82) is 0 Å². The second-order valence-electron chi connectivity index (χ2n) is 4.83. The monoisotopic (exact) mass is 332 g/mol. The first kappa shape index (κ1) is 14.6. The molecule has 104 valence electrons. The molecule has 0 saturated heterocycles. The lowest BCUT2D eigenvalue weighted by molar-refractivity contribution is 0.0785. The number of carbonyl (C=O) groups excluding carboxylic acids is 1. The summed E-state index contributed by atoms with van der Waals surface area (Å²) in [6.45, 7) is 2.46. The number of anilines is 1. The van der Waals surface area contributed by atoms with Crippen LogP contribution in [0.5, 0.6) is 0 Å². The Labute approximate surface area is 127 Å². The van der Waals surface area contributed by atoms with Crippen molar-refractivity contribution in [3.63, 3.8) is 0 Å². The van der Waals surface area contributed by atoms with Crippen molar-refractivity contribution in [2.45, 2.75) is 13.5 Å². The Kier molecular flexibility index (Phi) is 4.45. The fourth-order valence-electron chi connectivity index (χ4n) is 2.11. The Hall–Kier alpha value is -1.81. The third-order valence-corrected chi connectivity index (χ3v) is 3.73. The maximum absolute atomic E-state index is 12.5. The number of halogens is 1. The van der Waals surface area contributed by atoms with Crippen molar-refractivity contribution in [3.05, 3.63) is 63.6 Å². The maximum Gasteiger partial charge on any atom is 0.256 e. The summed E-state index contributed by atoms with van der Waals surface area (Å²) in [5, 5.41) is 0. The average molecular weight is 333 g/mol. The van der Waals surface area contributed by atoms with E-state index in [-0.39, 0.29) is 5.91 Å². The molecule has 0 atom stereocenters. The van der Waals surface area contributed by atoms with E-state index in [0.717, 1.165) is 15.6 Å². The summed E-state index contributed by atoms with van der Waals surface area (Å²) in [4.78, 5) is 14.2. The molecule has 0 aliphatic rings. The summed E-state index contributed by atoms with van der Waals surface area (Å²) in [6, 6.07) is 13.4. The lowest BCUT2D eigenvalue weighted by atomic mass is 10.1. The molecule has 0 heterocycles. The Morgan fingerprint density at radius 3 is 2.45 bits per heavy atom. The van der Waals surface area contributed by atoms with E-state index in [0.29, 0.717) is 17.8 Å². The number of rotatable bonds is 3. The molecule has 1 amide bonds. The smallest absolute Gasteiger partial charge is 0.256 e. The summed E-state index contributed by atoms with van der Waals surface area (Å²) in [5.74, 6) is -0.0523. The number of nitrogens with zero attached hydrogens (tertiary/aromatic N) is 1. The molecule has 2 aromatic carbocycles. The minimum Gasteiger partial charge on any atom is -0.398 e. The van der Waals surface area contributed by atoms with Gasteiger partial charge in [0.2, 0.25) is 0 Å². The normalized spacial score (nSPS) is 10.3. The van der Waals surface area contributed by atoms with Gasteiger partial charge in [0.25, 0.3) is 5.91 Å². The molecule has 4 heteroatoms. The maximum atomic E-state index is 12.5. The second kappa shape index (κ2) is 6.09. The minimum atomic E-state index is -0.0523. The molecule has 2 rings (SSSR count). The highest BCUT2D eigenvalue weighted by Gasteiger charge is 2.17. The predicted octanol–water partition coefficient (Wildman–Crippen LogP) is 3.61. The van der Waals surface area contributed by atoms with Crippen molar-refractivity contribution in [2.24, 2.45) is 0 Å². The van der Waals surface area contributed by atoms with Gasteiger partial charge >= 0.3 is 0 Å². The van der Waals surface area contributed by atoms with Crippen LogP contribution in [0.25, 0.3) is 0 Å². The molecule has 0 unspecified atom stereocenters. The first-order valence-electron chi connectivity index (χ1n) is 6.34. The van der Waals surface area contributed by atoms with Crippen molar-refractivity contribution < 1.29 is 4.79 Å². The largest absolute Gasteiger partial charge is 0.398 e. The van der Waals surface area contributed by atoms with E-state index < -0.39 is 0 Å². The van der Waals surface area contributed by atoms with Crippen molar-refractivity contribution in [3.8, 4) is 0 Å². The molecule has 3 nitrogen and oxygen atoms in total. The summed E-state index contributed by atoms with van der Waals surface area (Å²) < 4.78 is 1.03. The van der Waals surface area contributed by atoms with E-state index in [1.807, 2.05) is 43.3 Å². The Morgan fingerprint density at radius 2 is 1.85 bits per heavy atom. The van der Waals surface area contributed by atoms with Crippen LogP contribution in [0.1, 0.15) is 21.5 Å². The first-order valence-corrected chi connectivity index (χ1v) is 7.13. The van der Waals surface area contributed by atoms with Crippen molar-refractivity contribution in [1.82, 2.24) is 4.90 Å². The summed E-state index contributed by atoms with van der Waals surface area (Å²) in [5.41, 5.74) is 9.02. The van der Waals surface area contributed by atoms with E-state index in [1.165, 1.54) is 0 Å². The van der Waals surface area contributed by atoms with Gasteiger partial charge in [0.1, 0.15) is 0 Å². The number of benzene rings is 2. The zero-order valence-electron chi connectivity index (χ0n) is 11.6. The molecular weight excluding hydrogens is 316 g/mol. The molecule has 0 aromatic heterocycles. The SMILES string of the molecule is Cc1cccc(N)c1C(=O)N(C)Cc1ccc(Br)cc1. The number of hydrogen-bond donors (Lipinski definition) is 1. The molecule has 0 aliphatic carbocycles. The van der Waals surface area contributed by atoms with Crippen LogP contribution in [0.4, 0.5) is 5.69 Å². The van der Waals surface area contributed by atoms with Gasteiger partial charge in [-0.1, -0.05) is 40.2 Å². The van der Waals surface area contributed by atoms with Crippen LogP contribution >= 0.6 is 15.9 Å². The molecule has 0 fully saturated rings. The quantitative estimate of drug-likeness (QED) is 0.872. The molecule has 0 aliphatic heterocycles. The van der Waals surface area contributed by atoms with Crippen molar-refractivity contribution in [2.75, 3.05) is 12.8 Å². The highest BCUT2D eigenvalue weighted by atomic mass is 79.9. The van der Waals surface area contributed by atoms with Crippen LogP contribution in [-0.4, -0.2) is 17.9 Å². The minimum absolute atomic E-state index is 0.0523. The van der Waals surface area contributed by atoms with Gasteiger partial charge in [0.05, 0.1) is 5.56 Å². The number of amides is 1. The van der Waals surface area contributed by atoms with Gasteiger partial charge in [-0.25, -0.2) is 0 Å². The van der Waals surface area contributed by atoms with Crippen LogP contribution in [0.2, 0.25) is 0 Å². The summed E-state index contributed by atoms with van der Waals surface area (Å²) in [7, 11) is 1.79. The molecule has 2 N–H and O–H groups in total. The molecule has 0 radical (unpaired) electrons. The second-order valence-corrected chi connectivity index (χ2v) is 5.74. The number of aryl methyl sites for hydroxylation is 1. The van der Waals surface area contributed by atoms with E-state index in [4.69, 9.17) is 5.73 Å². The van der Waals surface area contributed by atoms with Gasteiger partial charge in [-0.2, -0.15) is 0 Å². The summed E-state index contributed by atoms with van der Waals surface area (Å²) in [6.07, 6.45) is 0. The lowest BCUT2D eigenvalue weighted by Gasteiger charge is -2.19. The van der Waals surface area contributed by atoms with Crippen LogP contribution in [0, 0.1) is 6.92 Å². The zero-order chi connectivity index (χ0) is 14.7. The van der Waals surface area contributed by atoms with Gasteiger partial charge in [-0.15, -0.1) is 0 Å². The van der Waals surface area contributed by atoms with Gasteiger partial charge in [-0.3, -0.25) is 4.79 Å². The molecule has 20 heavy (non-hydrogen) atoms. The van der Waals surface area contributed by atoms with E-state index >= 15 is 0 Å². The van der Waals surface area contributed by atoms with Gasteiger partial charge in [0, 0.05) is 23.8 Å². The first-order chi connectivity index (χ1) is 9.49. The average Bonchev–Trinajstić information content (AvgIpc) is 2.41. The Balaban J connectivity index is 2.18. The van der Waals surface area contributed by atoms with E-state index in [2.05, 4.69) is 15.9 Å². The fraction of sp³-hybridized carbons (Fsp3) is 0.188. The molecule has 0 saturated carbocycles. The number of carbonyl (C=O) groups is 1. The Bertz CT molecular complexity index is 603. The highest BCUT2D eigenvalue weighted by Crippen LogP contribution is 2.19. The van der Waals surface area contributed by atoms with E-state index in [9.17, 15) is 4.79 Å². The summed E-state index contributed by atoms with van der Waals surface area (Å²) >= 11 is 3.40. The van der Waals surface area contributed by atoms with Crippen LogP contribution < -0.4 is 5.73 Å². The van der Waals surface area contributed by atoms with Crippen LogP contribution in [0.15, 0.2) is 46.9 Å². The molecule has 0 bridgehead atoms.